The van der Waals surface area contributed by atoms with Gasteiger partial charge in [-0.2, -0.15) is 0 Å². The zero-order valence-corrected chi connectivity index (χ0v) is 22.9. The molecule has 5 nitrogen and oxygen atoms in total. The van der Waals surface area contributed by atoms with Crippen molar-refractivity contribution < 1.29 is 4.79 Å². The molecule has 1 unspecified atom stereocenters. The Labute approximate surface area is 226 Å². The van der Waals surface area contributed by atoms with Crippen molar-refractivity contribution in [3.63, 3.8) is 0 Å². The quantitative estimate of drug-likeness (QED) is 0.187. The lowest BCUT2D eigenvalue weighted by atomic mass is 10.1. The van der Waals surface area contributed by atoms with Crippen LogP contribution in [0, 0.1) is 0 Å². The molecule has 0 aliphatic carbocycles. The molecule has 0 aliphatic heterocycles. The van der Waals surface area contributed by atoms with Gasteiger partial charge >= 0.3 is 0 Å². The van der Waals surface area contributed by atoms with Crippen LogP contribution in [-0.4, -0.2) is 20.4 Å². The highest BCUT2D eigenvalue weighted by molar-refractivity contribution is 5.79. The SMILES string of the molecule is CCCCCCCC(=O)N(Cc1ccccc1)C(C)c1nc2ccccc2c(=O)n1-c1ccc(CC)cc1. The van der Waals surface area contributed by atoms with Crippen molar-refractivity contribution in [3.05, 3.63) is 106 Å². The minimum atomic E-state index is -0.401. The smallest absolute Gasteiger partial charge is 0.266 e. The number of fused-ring (bicyclic) bond motifs is 1. The standard InChI is InChI=1S/C33H39N3O2/c1-4-6-7-8-12-19-31(37)35(24-27-15-10-9-11-16-27)25(3)32-34-30-18-14-13-17-29(30)33(38)36(32)28-22-20-26(5-2)21-23-28/h9-11,13-18,20-23,25H,4-8,12,19,24H2,1-3H3. The summed E-state index contributed by atoms with van der Waals surface area (Å²) in [5.41, 5.74) is 3.55. The molecule has 1 atom stereocenters. The van der Waals surface area contributed by atoms with E-state index in [-0.39, 0.29) is 11.5 Å². The van der Waals surface area contributed by atoms with Gasteiger partial charge in [0.15, 0.2) is 0 Å². The molecule has 0 N–H and O–H groups in total. The molecule has 0 spiro atoms. The van der Waals surface area contributed by atoms with Gasteiger partial charge in [0.1, 0.15) is 5.82 Å². The van der Waals surface area contributed by atoms with Gasteiger partial charge in [-0.3, -0.25) is 14.2 Å². The van der Waals surface area contributed by atoms with E-state index in [4.69, 9.17) is 4.98 Å². The first kappa shape index (κ1) is 27.3. The molecular formula is C33H39N3O2. The molecule has 5 heteroatoms. The Morgan fingerprint density at radius 1 is 0.842 bits per heavy atom. The molecular weight excluding hydrogens is 470 g/mol. The first-order chi connectivity index (χ1) is 18.5. The number of aromatic nitrogens is 2. The third-order valence-electron chi connectivity index (χ3n) is 7.26. The second kappa shape index (κ2) is 13.2. The van der Waals surface area contributed by atoms with Crippen LogP contribution in [0.15, 0.2) is 83.7 Å². The average molecular weight is 510 g/mol. The van der Waals surface area contributed by atoms with E-state index in [1.165, 1.54) is 18.4 Å². The Morgan fingerprint density at radius 2 is 1.53 bits per heavy atom. The molecule has 0 bridgehead atoms. The summed E-state index contributed by atoms with van der Waals surface area (Å²) in [6.07, 6.45) is 6.86. The molecule has 4 aromatic rings. The minimum Gasteiger partial charge on any atom is -0.328 e. The second-order valence-electron chi connectivity index (χ2n) is 10.00. The molecule has 1 amide bonds. The zero-order valence-electron chi connectivity index (χ0n) is 22.9. The monoisotopic (exact) mass is 509 g/mol. The van der Waals surface area contributed by atoms with Gasteiger partial charge in [0.2, 0.25) is 5.91 Å². The Morgan fingerprint density at radius 3 is 2.24 bits per heavy atom. The molecule has 0 aliphatic rings. The van der Waals surface area contributed by atoms with Gasteiger partial charge in [0.05, 0.1) is 22.6 Å². The normalized spacial score (nSPS) is 12.0. The van der Waals surface area contributed by atoms with Crippen molar-refractivity contribution in [2.24, 2.45) is 0 Å². The largest absolute Gasteiger partial charge is 0.328 e. The van der Waals surface area contributed by atoms with Crippen LogP contribution in [0.4, 0.5) is 0 Å². The second-order valence-corrected chi connectivity index (χ2v) is 10.00. The fourth-order valence-corrected chi connectivity index (χ4v) is 4.94. The van der Waals surface area contributed by atoms with Crippen LogP contribution in [0.2, 0.25) is 0 Å². The molecule has 3 aromatic carbocycles. The van der Waals surface area contributed by atoms with E-state index in [9.17, 15) is 9.59 Å². The number of carbonyl (C=O) groups is 1. The molecule has 0 radical (unpaired) electrons. The number of unbranched alkanes of at least 4 members (excludes halogenated alkanes) is 4. The van der Waals surface area contributed by atoms with Crippen molar-refractivity contribution in [1.82, 2.24) is 14.5 Å². The van der Waals surface area contributed by atoms with Gasteiger partial charge in [-0.1, -0.05) is 94.1 Å². The Kier molecular flexibility index (Phi) is 9.47. The van der Waals surface area contributed by atoms with Crippen molar-refractivity contribution in [1.29, 1.82) is 0 Å². The van der Waals surface area contributed by atoms with E-state index < -0.39 is 6.04 Å². The van der Waals surface area contributed by atoms with E-state index in [0.717, 1.165) is 36.9 Å². The van der Waals surface area contributed by atoms with Crippen LogP contribution in [0.5, 0.6) is 0 Å². The number of benzene rings is 3. The van der Waals surface area contributed by atoms with E-state index in [2.05, 4.69) is 26.0 Å². The molecule has 38 heavy (non-hydrogen) atoms. The van der Waals surface area contributed by atoms with Crippen molar-refractivity contribution in [2.45, 2.75) is 78.3 Å². The highest BCUT2D eigenvalue weighted by Gasteiger charge is 2.27. The lowest BCUT2D eigenvalue weighted by Gasteiger charge is -2.31. The summed E-state index contributed by atoms with van der Waals surface area (Å²) < 4.78 is 1.69. The number of para-hydroxylation sites is 1. The van der Waals surface area contributed by atoms with Gasteiger partial charge in [0.25, 0.3) is 5.56 Å². The van der Waals surface area contributed by atoms with Gasteiger partial charge in [0, 0.05) is 13.0 Å². The van der Waals surface area contributed by atoms with E-state index in [1.807, 2.05) is 78.6 Å². The number of rotatable bonds is 12. The van der Waals surface area contributed by atoms with Crippen LogP contribution in [0.3, 0.4) is 0 Å². The number of hydrogen-bond donors (Lipinski definition) is 0. The summed E-state index contributed by atoms with van der Waals surface area (Å²) in [6.45, 7) is 6.76. The van der Waals surface area contributed by atoms with Crippen LogP contribution >= 0.6 is 0 Å². The maximum absolute atomic E-state index is 13.9. The predicted octanol–water partition coefficient (Wildman–Crippen LogP) is 7.40. The molecule has 1 heterocycles. The average Bonchev–Trinajstić information content (AvgIpc) is 2.96. The van der Waals surface area contributed by atoms with Gasteiger partial charge in [-0.25, -0.2) is 4.98 Å². The number of carbonyl (C=O) groups excluding carboxylic acids is 1. The number of hydrogen-bond acceptors (Lipinski definition) is 3. The van der Waals surface area contributed by atoms with Gasteiger partial charge in [-0.05, 0) is 55.2 Å². The summed E-state index contributed by atoms with van der Waals surface area (Å²) in [5, 5.41) is 0.569. The molecule has 1 aromatic heterocycles. The van der Waals surface area contributed by atoms with Crippen LogP contribution < -0.4 is 5.56 Å². The summed E-state index contributed by atoms with van der Waals surface area (Å²) >= 11 is 0. The maximum Gasteiger partial charge on any atom is 0.266 e. The van der Waals surface area contributed by atoms with Crippen molar-refractivity contribution in [2.75, 3.05) is 0 Å². The lowest BCUT2D eigenvalue weighted by Crippen LogP contribution is -2.37. The highest BCUT2D eigenvalue weighted by atomic mass is 16.2. The van der Waals surface area contributed by atoms with Gasteiger partial charge < -0.3 is 4.90 Å². The number of aryl methyl sites for hydroxylation is 1. The molecule has 4 rings (SSSR count). The Hall–Kier alpha value is -3.73. The summed E-state index contributed by atoms with van der Waals surface area (Å²) in [4.78, 5) is 34.4. The summed E-state index contributed by atoms with van der Waals surface area (Å²) in [7, 11) is 0. The first-order valence-electron chi connectivity index (χ1n) is 14.0. The molecule has 0 saturated heterocycles. The third-order valence-corrected chi connectivity index (χ3v) is 7.26. The summed E-state index contributed by atoms with van der Waals surface area (Å²) in [5.74, 6) is 0.668. The Bertz CT molecular complexity index is 1390. The maximum atomic E-state index is 13.9. The number of amides is 1. The predicted molar refractivity (Wildman–Crippen MR) is 156 cm³/mol. The van der Waals surface area contributed by atoms with E-state index in [0.29, 0.717) is 29.7 Å². The van der Waals surface area contributed by atoms with Crippen LogP contribution in [0.1, 0.15) is 82.3 Å². The number of nitrogens with zero attached hydrogens (tertiary/aromatic N) is 3. The lowest BCUT2D eigenvalue weighted by molar-refractivity contribution is -0.134. The topological polar surface area (TPSA) is 55.2 Å². The molecule has 198 valence electrons. The molecule has 0 fully saturated rings. The Balaban J connectivity index is 1.77. The minimum absolute atomic E-state index is 0.0909. The summed E-state index contributed by atoms with van der Waals surface area (Å²) in [6, 6.07) is 25.1. The van der Waals surface area contributed by atoms with E-state index >= 15 is 0 Å². The van der Waals surface area contributed by atoms with Crippen LogP contribution in [0.25, 0.3) is 16.6 Å². The van der Waals surface area contributed by atoms with Gasteiger partial charge in [-0.15, -0.1) is 0 Å². The molecule has 0 saturated carbocycles. The fourth-order valence-electron chi connectivity index (χ4n) is 4.94. The van der Waals surface area contributed by atoms with Crippen LogP contribution in [-0.2, 0) is 17.8 Å². The fraction of sp³-hybridized carbons (Fsp3) is 0.364. The van der Waals surface area contributed by atoms with Crippen molar-refractivity contribution >= 4 is 16.8 Å². The highest BCUT2D eigenvalue weighted by Crippen LogP contribution is 2.26. The zero-order chi connectivity index (χ0) is 26.9. The van der Waals surface area contributed by atoms with Crippen molar-refractivity contribution in [3.8, 4) is 5.69 Å². The first-order valence-corrected chi connectivity index (χ1v) is 14.0. The third kappa shape index (κ3) is 6.39. The van der Waals surface area contributed by atoms with E-state index in [1.54, 1.807) is 4.57 Å².